The molecule has 6 heteroatoms. The van der Waals surface area contributed by atoms with E-state index in [-0.39, 0.29) is 29.0 Å². The molecule has 0 unspecified atom stereocenters. The van der Waals surface area contributed by atoms with Crippen LogP contribution in [0.4, 0.5) is 10.6 Å². The molecule has 2 amide bonds. The molecule has 0 aromatic carbocycles. The van der Waals surface area contributed by atoms with Crippen LogP contribution < -0.4 is 10.6 Å². The predicted octanol–water partition coefficient (Wildman–Crippen LogP) is 2.91. The van der Waals surface area contributed by atoms with E-state index in [2.05, 4.69) is 29.6 Å². The fourth-order valence-corrected chi connectivity index (χ4v) is 3.60. The van der Waals surface area contributed by atoms with Crippen molar-refractivity contribution in [3.05, 3.63) is 11.8 Å². The standard InChI is InChI=1S/C16H25N3O3/c1-15(2,3)10-8-11(19-22-10)17-14(20)18-12-9-6-7-21-13(9)16(12,4)5/h8-9,12-13H,6-7H2,1-5H3,(H2,17,18,19,20)/t9-,12-,13-/m1/s1. The van der Waals surface area contributed by atoms with Gasteiger partial charge in [-0.15, -0.1) is 0 Å². The Balaban J connectivity index is 1.60. The van der Waals surface area contributed by atoms with Gasteiger partial charge in [0.1, 0.15) is 5.76 Å². The Kier molecular flexibility index (Phi) is 3.47. The van der Waals surface area contributed by atoms with Crippen LogP contribution in [0.1, 0.15) is 46.8 Å². The van der Waals surface area contributed by atoms with Crippen LogP contribution >= 0.6 is 0 Å². The SMILES string of the molecule is CC(C)(C)c1cc(NC(=O)N[C@@H]2[C@H]3CCO[C@H]3C2(C)C)no1. The molecule has 2 aliphatic rings. The van der Waals surface area contributed by atoms with E-state index >= 15 is 0 Å². The summed E-state index contributed by atoms with van der Waals surface area (Å²) in [6.45, 7) is 11.2. The zero-order valence-corrected chi connectivity index (χ0v) is 13.9. The minimum Gasteiger partial charge on any atom is -0.377 e. The number of amides is 2. The molecule has 1 saturated carbocycles. The summed E-state index contributed by atoms with van der Waals surface area (Å²) < 4.78 is 11.0. The first-order valence-corrected chi connectivity index (χ1v) is 7.86. The zero-order chi connectivity index (χ0) is 16.1. The number of carbonyl (C=O) groups excluding carboxylic acids is 1. The summed E-state index contributed by atoms with van der Waals surface area (Å²) in [5, 5.41) is 9.72. The second-order valence-electron chi connectivity index (χ2n) is 7.97. The summed E-state index contributed by atoms with van der Waals surface area (Å²) in [5.41, 5.74) is -0.160. The van der Waals surface area contributed by atoms with Crippen LogP contribution in [-0.2, 0) is 10.2 Å². The van der Waals surface area contributed by atoms with Crippen molar-refractivity contribution in [2.45, 2.75) is 58.6 Å². The summed E-state index contributed by atoms with van der Waals surface area (Å²) in [5.74, 6) is 1.61. The Morgan fingerprint density at radius 2 is 2.14 bits per heavy atom. The third kappa shape index (κ3) is 2.49. The quantitative estimate of drug-likeness (QED) is 0.881. The van der Waals surface area contributed by atoms with Gasteiger partial charge in [0.15, 0.2) is 5.82 Å². The zero-order valence-electron chi connectivity index (χ0n) is 13.9. The molecule has 0 radical (unpaired) electrons. The number of anilines is 1. The molecule has 0 spiro atoms. The summed E-state index contributed by atoms with van der Waals surface area (Å²) >= 11 is 0. The number of aromatic nitrogens is 1. The van der Waals surface area contributed by atoms with Crippen LogP contribution in [0.25, 0.3) is 0 Å². The molecule has 122 valence electrons. The molecule has 3 rings (SSSR count). The minimum atomic E-state index is -0.239. The second-order valence-corrected chi connectivity index (χ2v) is 7.97. The Morgan fingerprint density at radius 3 is 2.77 bits per heavy atom. The van der Waals surface area contributed by atoms with E-state index in [1.807, 2.05) is 20.8 Å². The molecule has 2 fully saturated rings. The second kappa shape index (κ2) is 4.98. The van der Waals surface area contributed by atoms with Gasteiger partial charge in [-0.3, -0.25) is 5.32 Å². The normalized spacial score (nSPS) is 29.6. The van der Waals surface area contributed by atoms with Crippen molar-refractivity contribution in [2.75, 3.05) is 11.9 Å². The van der Waals surface area contributed by atoms with Crippen molar-refractivity contribution < 1.29 is 14.1 Å². The van der Waals surface area contributed by atoms with Crippen molar-refractivity contribution in [1.82, 2.24) is 10.5 Å². The molecule has 1 saturated heterocycles. The maximum Gasteiger partial charge on any atom is 0.320 e. The number of carbonyl (C=O) groups is 1. The number of fused-ring (bicyclic) bond motifs is 1. The van der Waals surface area contributed by atoms with Crippen LogP contribution in [0.2, 0.25) is 0 Å². The smallest absolute Gasteiger partial charge is 0.320 e. The highest BCUT2D eigenvalue weighted by Crippen LogP contribution is 2.52. The molecule has 1 aliphatic heterocycles. The van der Waals surface area contributed by atoms with E-state index in [4.69, 9.17) is 9.26 Å². The molecular weight excluding hydrogens is 282 g/mol. The largest absolute Gasteiger partial charge is 0.377 e. The molecule has 0 bridgehead atoms. The molecule has 22 heavy (non-hydrogen) atoms. The molecule has 1 aromatic rings. The van der Waals surface area contributed by atoms with Gasteiger partial charge in [-0.25, -0.2) is 4.79 Å². The third-order valence-electron chi connectivity index (χ3n) is 4.88. The summed E-state index contributed by atoms with van der Waals surface area (Å²) in [6.07, 6.45) is 1.27. The highest BCUT2D eigenvalue weighted by molar-refractivity contribution is 5.88. The van der Waals surface area contributed by atoms with Crippen LogP contribution in [0.5, 0.6) is 0 Å². The lowest BCUT2D eigenvalue weighted by Crippen LogP contribution is -2.67. The molecule has 3 atom stereocenters. The van der Waals surface area contributed by atoms with Gasteiger partial charge in [0.25, 0.3) is 0 Å². The number of urea groups is 1. The topological polar surface area (TPSA) is 76.4 Å². The fourth-order valence-electron chi connectivity index (χ4n) is 3.60. The number of nitrogens with zero attached hydrogens (tertiary/aromatic N) is 1. The van der Waals surface area contributed by atoms with E-state index in [0.29, 0.717) is 11.7 Å². The van der Waals surface area contributed by atoms with Crippen molar-refractivity contribution >= 4 is 11.8 Å². The Bertz CT molecular complexity index is 573. The molecular formula is C16H25N3O3. The summed E-state index contributed by atoms with van der Waals surface area (Å²) in [7, 11) is 0. The van der Waals surface area contributed by atoms with Crippen LogP contribution in [-0.4, -0.2) is 29.9 Å². The van der Waals surface area contributed by atoms with Gasteiger partial charge in [-0.05, 0) is 6.42 Å². The van der Waals surface area contributed by atoms with Gasteiger partial charge in [0.2, 0.25) is 0 Å². The highest BCUT2D eigenvalue weighted by atomic mass is 16.5. The van der Waals surface area contributed by atoms with Crippen LogP contribution in [0.3, 0.4) is 0 Å². The fraction of sp³-hybridized carbons (Fsp3) is 0.750. The predicted molar refractivity (Wildman–Crippen MR) is 82.8 cm³/mol. The maximum absolute atomic E-state index is 12.2. The van der Waals surface area contributed by atoms with Crippen LogP contribution in [0, 0.1) is 11.3 Å². The Hall–Kier alpha value is -1.56. The van der Waals surface area contributed by atoms with Gasteiger partial charge in [0, 0.05) is 35.5 Å². The average Bonchev–Trinajstić information content (AvgIpc) is 3.02. The molecule has 6 nitrogen and oxygen atoms in total. The number of rotatable bonds is 2. The average molecular weight is 307 g/mol. The lowest BCUT2D eigenvalue weighted by Gasteiger charge is -2.54. The van der Waals surface area contributed by atoms with Gasteiger partial charge in [-0.1, -0.05) is 39.8 Å². The van der Waals surface area contributed by atoms with Gasteiger partial charge < -0.3 is 14.6 Å². The summed E-state index contributed by atoms with van der Waals surface area (Å²) in [4.78, 5) is 12.2. The number of hydrogen-bond acceptors (Lipinski definition) is 4. The van der Waals surface area contributed by atoms with Crippen molar-refractivity contribution in [2.24, 2.45) is 11.3 Å². The maximum atomic E-state index is 12.2. The lowest BCUT2D eigenvalue weighted by atomic mass is 9.57. The lowest BCUT2D eigenvalue weighted by molar-refractivity contribution is -0.107. The molecule has 1 aromatic heterocycles. The summed E-state index contributed by atoms with van der Waals surface area (Å²) in [6, 6.07) is 1.67. The van der Waals surface area contributed by atoms with E-state index in [1.54, 1.807) is 6.07 Å². The highest BCUT2D eigenvalue weighted by Gasteiger charge is 2.59. The first kappa shape index (κ1) is 15.3. The van der Waals surface area contributed by atoms with E-state index in [9.17, 15) is 4.79 Å². The number of nitrogens with one attached hydrogen (secondary N) is 2. The van der Waals surface area contributed by atoms with E-state index in [0.717, 1.165) is 18.8 Å². The van der Waals surface area contributed by atoms with Crippen molar-refractivity contribution in [1.29, 1.82) is 0 Å². The molecule has 1 aliphatic carbocycles. The Labute approximate surface area is 131 Å². The minimum absolute atomic E-state index is 0.0289. The molecule has 2 N–H and O–H groups in total. The third-order valence-corrected chi connectivity index (χ3v) is 4.88. The van der Waals surface area contributed by atoms with Crippen molar-refractivity contribution in [3.8, 4) is 0 Å². The number of hydrogen-bond donors (Lipinski definition) is 2. The van der Waals surface area contributed by atoms with Crippen molar-refractivity contribution in [3.63, 3.8) is 0 Å². The van der Waals surface area contributed by atoms with Gasteiger partial charge in [-0.2, -0.15) is 0 Å². The molecule has 2 heterocycles. The first-order valence-electron chi connectivity index (χ1n) is 7.86. The van der Waals surface area contributed by atoms with E-state index in [1.165, 1.54) is 0 Å². The van der Waals surface area contributed by atoms with Gasteiger partial charge >= 0.3 is 6.03 Å². The monoisotopic (exact) mass is 307 g/mol. The van der Waals surface area contributed by atoms with Crippen LogP contribution in [0.15, 0.2) is 10.6 Å². The number of ether oxygens (including phenoxy) is 1. The Morgan fingerprint density at radius 1 is 1.41 bits per heavy atom. The van der Waals surface area contributed by atoms with Gasteiger partial charge in [0.05, 0.1) is 6.10 Å². The first-order chi connectivity index (χ1) is 10.2. The van der Waals surface area contributed by atoms with E-state index < -0.39 is 0 Å².